The van der Waals surface area contributed by atoms with Gasteiger partial charge in [0.15, 0.2) is 0 Å². The van der Waals surface area contributed by atoms with Crippen LogP contribution in [0.25, 0.3) is 0 Å². The van der Waals surface area contributed by atoms with Crippen LogP contribution < -0.4 is 0 Å². The molecule has 4 heteroatoms. The summed E-state index contributed by atoms with van der Waals surface area (Å²) in [6.45, 7) is 2.68. The van der Waals surface area contributed by atoms with Crippen LogP contribution in [0.3, 0.4) is 0 Å². The Morgan fingerprint density at radius 1 is 1.00 bits per heavy atom. The second kappa shape index (κ2) is 10.2. The second-order valence-electron chi connectivity index (χ2n) is 6.89. The van der Waals surface area contributed by atoms with Gasteiger partial charge >= 0.3 is 5.97 Å². The summed E-state index contributed by atoms with van der Waals surface area (Å²) >= 11 is 0. The summed E-state index contributed by atoms with van der Waals surface area (Å²) in [5.41, 5.74) is 0. The molecule has 0 aliphatic heterocycles. The number of rotatable bonds is 12. The summed E-state index contributed by atoms with van der Waals surface area (Å²) in [6, 6.07) is 0. The van der Waals surface area contributed by atoms with E-state index >= 15 is 0 Å². The lowest BCUT2D eigenvalue weighted by Gasteiger charge is -2.29. The van der Waals surface area contributed by atoms with E-state index in [-0.39, 0.29) is 0 Å². The molecule has 0 spiro atoms. The highest BCUT2D eigenvalue weighted by Gasteiger charge is 2.30. The maximum absolute atomic E-state index is 11.3. The Labute approximate surface area is 124 Å². The number of aliphatic hydroxyl groups excluding tert-OH is 1. The summed E-state index contributed by atoms with van der Waals surface area (Å²) in [5.74, 6) is -1.49. The first-order valence-corrected chi connectivity index (χ1v) is 7.99. The van der Waals surface area contributed by atoms with Gasteiger partial charge in [-0.2, -0.15) is 0 Å². The van der Waals surface area contributed by atoms with Crippen LogP contribution in [-0.2, 0) is 4.79 Å². The fraction of sp³-hybridized carbons (Fsp3) is 0.938. The molecule has 0 fully saturated rings. The van der Waals surface area contributed by atoms with Gasteiger partial charge in [0, 0.05) is 0 Å². The van der Waals surface area contributed by atoms with Crippen LogP contribution in [0.1, 0.15) is 58.3 Å². The molecule has 0 aromatic carbocycles. The zero-order valence-electron chi connectivity index (χ0n) is 13.8. The molecule has 0 heterocycles. The zero-order valence-corrected chi connectivity index (χ0v) is 13.8. The number of aliphatic carboxylic acids is 1. The molecule has 0 rings (SSSR count). The summed E-state index contributed by atoms with van der Waals surface area (Å²) < 4.78 is 0.585. The number of carbonyl (C=O) groups is 1. The molecule has 4 nitrogen and oxygen atoms in total. The lowest BCUT2D eigenvalue weighted by Crippen LogP contribution is -2.45. The number of carboxylic acid groups (broad SMARTS) is 1. The van der Waals surface area contributed by atoms with Crippen molar-refractivity contribution in [3.8, 4) is 0 Å². The molecule has 2 unspecified atom stereocenters. The minimum absolute atomic E-state index is 0.480. The highest BCUT2D eigenvalue weighted by Crippen LogP contribution is 2.17. The van der Waals surface area contributed by atoms with Crippen LogP contribution in [-0.4, -0.2) is 54.5 Å². The van der Waals surface area contributed by atoms with Crippen molar-refractivity contribution < 1.29 is 19.5 Å². The van der Waals surface area contributed by atoms with Crippen molar-refractivity contribution in [2.45, 2.75) is 64.4 Å². The third-order valence-corrected chi connectivity index (χ3v) is 3.64. The summed E-state index contributed by atoms with van der Waals surface area (Å²) in [7, 11) is 5.90. The van der Waals surface area contributed by atoms with Crippen molar-refractivity contribution in [2.24, 2.45) is 5.92 Å². The van der Waals surface area contributed by atoms with E-state index in [0.29, 0.717) is 17.4 Å². The highest BCUT2D eigenvalue weighted by molar-refractivity contribution is 5.70. The predicted octanol–water partition coefficient (Wildman–Crippen LogP) is 2.90. The molecular formula is C16H34NO3+. The van der Waals surface area contributed by atoms with E-state index in [1.165, 1.54) is 32.1 Å². The molecule has 0 bridgehead atoms. The van der Waals surface area contributed by atoms with Crippen LogP contribution in [0.15, 0.2) is 0 Å². The minimum Gasteiger partial charge on any atom is -0.481 e. The monoisotopic (exact) mass is 288 g/mol. The number of hydrogen-bond donors (Lipinski definition) is 2. The van der Waals surface area contributed by atoms with Gasteiger partial charge in [0.2, 0.25) is 0 Å². The average molecular weight is 288 g/mol. The lowest BCUT2D eigenvalue weighted by molar-refractivity contribution is -0.874. The third kappa shape index (κ3) is 10.2. The van der Waals surface area contributed by atoms with Gasteiger partial charge in [-0.15, -0.1) is 0 Å². The Hall–Kier alpha value is -0.610. The highest BCUT2D eigenvalue weighted by atomic mass is 16.4. The predicted molar refractivity (Wildman–Crippen MR) is 82.6 cm³/mol. The molecule has 0 aromatic heterocycles. The average Bonchev–Trinajstić information content (AvgIpc) is 2.29. The van der Waals surface area contributed by atoms with Gasteiger partial charge in [0.25, 0.3) is 0 Å². The van der Waals surface area contributed by atoms with E-state index in [0.717, 1.165) is 12.8 Å². The summed E-state index contributed by atoms with van der Waals surface area (Å²) in [6.07, 6.45) is 8.05. The van der Waals surface area contributed by atoms with Crippen molar-refractivity contribution in [2.75, 3.05) is 27.7 Å². The molecule has 0 aliphatic rings. The lowest BCUT2D eigenvalue weighted by atomic mass is 9.94. The number of unbranched alkanes of at least 4 members (excludes halogenated alkanes) is 6. The first-order valence-electron chi connectivity index (χ1n) is 7.99. The van der Waals surface area contributed by atoms with Gasteiger partial charge in [0.05, 0.1) is 27.1 Å². The first kappa shape index (κ1) is 19.4. The third-order valence-electron chi connectivity index (χ3n) is 3.64. The van der Waals surface area contributed by atoms with Crippen molar-refractivity contribution in [3.05, 3.63) is 0 Å². The molecule has 120 valence electrons. The van der Waals surface area contributed by atoms with E-state index in [9.17, 15) is 15.0 Å². The fourth-order valence-electron chi connectivity index (χ4n) is 2.49. The summed E-state index contributed by atoms with van der Waals surface area (Å²) in [4.78, 5) is 11.3. The van der Waals surface area contributed by atoms with E-state index in [1.807, 2.05) is 21.1 Å². The van der Waals surface area contributed by atoms with E-state index in [4.69, 9.17) is 0 Å². The Bertz CT molecular complexity index is 261. The Kier molecular flexibility index (Phi) is 9.86. The van der Waals surface area contributed by atoms with Gasteiger partial charge < -0.3 is 14.7 Å². The smallest absolute Gasteiger partial charge is 0.309 e. The maximum Gasteiger partial charge on any atom is 0.309 e. The van der Waals surface area contributed by atoms with E-state index in [2.05, 4.69) is 6.92 Å². The molecule has 0 saturated carbocycles. The van der Waals surface area contributed by atoms with Gasteiger partial charge in [-0.1, -0.05) is 51.9 Å². The molecule has 2 atom stereocenters. The van der Waals surface area contributed by atoms with E-state index < -0.39 is 18.0 Å². The topological polar surface area (TPSA) is 57.5 Å². The number of aliphatic hydroxyl groups is 1. The second-order valence-corrected chi connectivity index (χ2v) is 6.89. The molecular weight excluding hydrogens is 254 g/mol. The van der Waals surface area contributed by atoms with Gasteiger partial charge in [-0.3, -0.25) is 4.79 Å². The van der Waals surface area contributed by atoms with Gasteiger partial charge in [0.1, 0.15) is 12.6 Å². The van der Waals surface area contributed by atoms with E-state index in [1.54, 1.807) is 0 Å². The number of hydrogen-bond acceptors (Lipinski definition) is 2. The minimum atomic E-state index is -0.864. The Balaban J connectivity index is 3.95. The maximum atomic E-state index is 11.3. The first-order chi connectivity index (χ1) is 9.28. The Morgan fingerprint density at radius 3 is 1.95 bits per heavy atom. The van der Waals surface area contributed by atoms with Gasteiger partial charge in [-0.05, 0) is 6.42 Å². The standard InChI is InChI=1S/C16H33NO3/c1-5-6-7-8-9-10-11-12-14(16(19)20)15(18)13-17(2,3)4/h14-15,18H,5-13H2,1-4H3/p+1. The molecule has 2 N–H and O–H groups in total. The van der Waals surface area contributed by atoms with Crippen molar-refractivity contribution in [1.29, 1.82) is 0 Å². The molecule has 0 radical (unpaired) electrons. The quantitative estimate of drug-likeness (QED) is 0.429. The summed E-state index contributed by atoms with van der Waals surface area (Å²) in [5, 5.41) is 19.3. The van der Waals surface area contributed by atoms with Crippen LogP contribution >= 0.6 is 0 Å². The molecule has 20 heavy (non-hydrogen) atoms. The molecule has 0 amide bonds. The molecule has 0 aromatic rings. The van der Waals surface area contributed by atoms with Crippen LogP contribution in [0.4, 0.5) is 0 Å². The van der Waals surface area contributed by atoms with Crippen molar-refractivity contribution >= 4 is 5.97 Å². The van der Waals surface area contributed by atoms with Crippen LogP contribution in [0.2, 0.25) is 0 Å². The molecule has 0 saturated heterocycles. The number of likely N-dealkylation sites (N-methyl/N-ethyl adjacent to an activating group) is 1. The largest absolute Gasteiger partial charge is 0.481 e. The number of quaternary nitrogens is 1. The van der Waals surface area contributed by atoms with Crippen LogP contribution in [0, 0.1) is 5.92 Å². The SMILES string of the molecule is CCCCCCCCCC(C(=O)O)C(O)C[N+](C)(C)C. The molecule has 0 aliphatic carbocycles. The number of nitrogens with zero attached hydrogens (tertiary/aromatic N) is 1. The van der Waals surface area contributed by atoms with Crippen molar-refractivity contribution in [1.82, 2.24) is 0 Å². The fourth-order valence-corrected chi connectivity index (χ4v) is 2.49. The number of carboxylic acids is 1. The normalized spacial score (nSPS) is 15.1. The zero-order chi connectivity index (χ0) is 15.6. The Morgan fingerprint density at radius 2 is 1.50 bits per heavy atom. The van der Waals surface area contributed by atoms with Gasteiger partial charge in [-0.25, -0.2) is 0 Å². The van der Waals surface area contributed by atoms with Crippen LogP contribution in [0.5, 0.6) is 0 Å². The van der Waals surface area contributed by atoms with Crippen molar-refractivity contribution in [3.63, 3.8) is 0 Å².